The zero-order valence-electron chi connectivity index (χ0n) is 16.4. The van der Waals surface area contributed by atoms with Crippen molar-refractivity contribution in [3.8, 4) is 0 Å². The molecule has 3 aliphatic heterocycles. The van der Waals surface area contributed by atoms with Gasteiger partial charge < -0.3 is 10.1 Å². The number of nitrogens with one attached hydrogen (secondary N) is 1. The van der Waals surface area contributed by atoms with Crippen molar-refractivity contribution in [2.75, 3.05) is 4.90 Å². The number of rotatable bonds is 4. The Hall–Kier alpha value is -2.51. The van der Waals surface area contributed by atoms with E-state index in [1.165, 1.54) is 16.2 Å². The molecule has 30 heavy (non-hydrogen) atoms. The maximum Gasteiger partial charge on any atom is 0.254 e. The Morgan fingerprint density at radius 3 is 2.47 bits per heavy atom. The number of fused-ring (bicyclic) bond motifs is 6. The van der Waals surface area contributed by atoms with E-state index >= 15 is 0 Å². The average Bonchev–Trinajstić information content (AvgIpc) is 3.54. The average molecular weight is 423 g/mol. The number of benzene rings is 1. The maximum atomic E-state index is 13.3. The molecule has 6 nitrogen and oxygen atoms in total. The second kappa shape index (κ2) is 6.75. The first kappa shape index (κ1) is 18.3. The van der Waals surface area contributed by atoms with Crippen molar-refractivity contribution in [3.63, 3.8) is 0 Å². The molecular formula is C23H22N2O4S. The topological polar surface area (TPSA) is 75.7 Å². The van der Waals surface area contributed by atoms with Gasteiger partial charge in [0.25, 0.3) is 5.91 Å². The highest BCUT2D eigenvalue weighted by Crippen LogP contribution is 2.51. The smallest absolute Gasteiger partial charge is 0.254 e. The molecule has 1 aliphatic carbocycles. The number of carbonyl (C=O) groups is 3. The fourth-order valence-electron chi connectivity index (χ4n) is 5.56. The van der Waals surface area contributed by atoms with Crippen LogP contribution in [0.3, 0.4) is 0 Å². The van der Waals surface area contributed by atoms with Gasteiger partial charge >= 0.3 is 0 Å². The first-order valence-corrected chi connectivity index (χ1v) is 11.4. The molecule has 0 spiro atoms. The Morgan fingerprint density at radius 1 is 1.07 bits per heavy atom. The molecule has 3 fully saturated rings. The third-order valence-corrected chi connectivity index (χ3v) is 8.19. The highest BCUT2D eigenvalue weighted by atomic mass is 32.1. The van der Waals surface area contributed by atoms with E-state index in [0.29, 0.717) is 17.1 Å². The largest absolute Gasteiger partial charge is 0.373 e. The number of hydrogen-bond donors (Lipinski definition) is 1. The molecule has 1 aromatic heterocycles. The molecule has 4 heterocycles. The van der Waals surface area contributed by atoms with E-state index in [1.807, 2.05) is 30.3 Å². The highest BCUT2D eigenvalue weighted by molar-refractivity contribution is 7.17. The van der Waals surface area contributed by atoms with Crippen LogP contribution < -0.4 is 10.2 Å². The van der Waals surface area contributed by atoms with Crippen LogP contribution >= 0.6 is 11.3 Å². The lowest BCUT2D eigenvalue weighted by molar-refractivity contribution is -0.124. The van der Waals surface area contributed by atoms with Crippen molar-refractivity contribution < 1.29 is 19.1 Å². The Bertz CT molecular complexity index is 1030. The van der Waals surface area contributed by atoms with Crippen LogP contribution in [0.15, 0.2) is 30.3 Å². The van der Waals surface area contributed by atoms with E-state index in [4.69, 9.17) is 4.74 Å². The molecule has 2 bridgehead atoms. The summed E-state index contributed by atoms with van der Waals surface area (Å²) in [5.74, 6) is -1.34. The summed E-state index contributed by atoms with van der Waals surface area (Å²) >= 11 is 1.45. The minimum Gasteiger partial charge on any atom is -0.373 e. The van der Waals surface area contributed by atoms with E-state index in [-0.39, 0.29) is 41.8 Å². The van der Waals surface area contributed by atoms with Gasteiger partial charge in [0.2, 0.25) is 11.8 Å². The molecule has 1 N–H and O–H groups in total. The number of thiophene rings is 1. The Balaban J connectivity index is 1.34. The summed E-state index contributed by atoms with van der Waals surface area (Å²) in [4.78, 5) is 42.2. The normalized spacial score (nSPS) is 28.9. The van der Waals surface area contributed by atoms with Gasteiger partial charge in [0.05, 0.1) is 29.6 Å². The zero-order valence-corrected chi connectivity index (χ0v) is 17.2. The fraction of sp³-hybridized carbons (Fsp3) is 0.435. The summed E-state index contributed by atoms with van der Waals surface area (Å²) in [6.45, 7) is 0.412. The van der Waals surface area contributed by atoms with Gasteiger partial charge in [-0.2, -0.15) is 0 Å². The summed E-state index contributed by atoms with van der Waals surface area (Å²) in [5, 5.41) is 3.52. The molecule has 3 amide bonds. The molecule has 2 aromatic rings. The van der Waals surface area contributed by atoms with E-state index in [9.17, 15) is 14.4 Å². The van der Waals surface area contributed by atoms with Crippen LogP contribution in [0.5, 0.6) is 0 Å². The second-order valence-corrected chi connectivity index (χ2v) is 9.64. The molecular weight excluding hydrogens is 400 g/mol. The van der Waals surface area contributed by atoms with Crippen LogP contribution in [0.2, 0.25) is 0 Å². The zero-order chi connectivity index (χ0) is 20.4. The van der Waals surface area contributed by atoms with Gasteiger partial charge in [0, 0.05) is 11.4 Å². The van der Waals surface area contributed by atoms with Crippen molar-refractivity contribution in [3.05, 3.63) is 51.9 Å². The molecule has 0 unspecified atom stereocenters. The Morgan fingerprint density at radius 2 is 1.77 bits per heavy atom. The Kier molecular flexibility index (Phi) is 4.11. The van der Waals surface area contributed by atoms with Crippen LogP contribution in [-0.4, -0.2) is 29.9 Å². The standard InChI is InChI=1S/C23H22N2O4S/c26-20(24-11-12-5-2-1-3-6-12)17-13-7-4-8-16(13)30-23(17)25-21(27)18-14-9-10-15(29-14)19(18)22(25)28/h1-3,5-6,14-15,18-19H,4,7-11H2,(H,24,26)/t14-,15-,18-,19+/m1/s1. The van der Waals surface area contributed by atoms with Gasteiger partial charge in [-0.3, -0.25) is 14.4 Å². The van der Waals surface area contributed by atoms with Crippen molar-refractivity contribution in [1.29, 1.82) is 0 Å². The molecule has 7 heteroatoms. The van der Waals surface area contributed by atoms with E-state index < -0.39 is 0 Å². The quantitative estimate of drug-likeness (QED) is 0.769. The number of nitrogens with zero attached hydrogens (tertiary/aromatic N) is 1. The monoisotopic (exact) mass is 422 g/mol. The summed E-state index contributed by atoms with van der Waals surface area (Å²) < 4.78 is 5.85. The lowest BCUT2D eigenvalue weighted by Crippen LogP contribution is -2.35. The minimum absolute atomic E-state index is 0.149. The minimum atomic E-state index is -0.381. The molecule has 154 valence electrons. The maximum absolute atomic E-state index is 13.3. The number of hydrogen-bond acceptors (Lipinski definition) is 5. The lowest BCUT2D eigenvalue weighted by Gasteiger charge is -2.18. The third kappa shape index (κ3) is 2.55. The van der Waals surface area contributed by atoms with Gasteiger partial charge in [0.15, 0.2) is 0 Å². The summed E-state index contributed by atoms with van der Waals surface area (Å²) in [5.41, 5.74) is 2.55. The molecule has 4 aliphatic rings. The summed E-state index contributed by atoms with van der Waals surface area (Å²) in [7, 11) is 0. The van der Waals surface area contributed by atoms with Crippen LogP contribution in [0.25, 0.3) is 0 Å². The lowest BCUT2D eigenvalue weighted by atomic mass is 9.81. The van der Waals surface area contributed by atoms with Crippen molar-refractivity contribution in [2.45, 2.75) is 50.9 Å². The van der Waals surface area contributed by atoms with Crippen LogP contribution in [0, 0.1) is 11.8 Å². The predicted octanol–water partition coefficient (Wildman–Crippen LogP) is 2.83. The first-order valence-electron chi connectivity index (χ1n) is 10.6. The molecule has 0 radical (unpaired) electrons. The van der Waals surface area contributed by atoms with Gasteiger partial charge in [-0.15, -0.1) is 11.3 Å². The van der Waals surface area contributed by atoms with E-state index in [0.717, 1.165) is 48.1 Å². The van der Waals surface area contributed by atoms with Gasteiger partial charge in [-0.05, 0) is 43.2 Å². The fourth-order valence-corrected chi connectivity index (χ4v) is 6.96. The van der Waals surface area contributed by atoms with Crippen LogP contribution in [0.4, 0.5) is 5.00 Å². The number of anilines is 1. The number of carbonyl (C=O) groups excluding carboxylic acids is 3. The molecule has 4 atom stereocenters. The molecule has 3 saturated heterocycles. The third-order valence-electron chi connectivity index (χ3n) is 6.91. The second-order valence-electron chi connectivity index (χ2n) is 8.56. The summed E-state index contributed by atoms with van der Waals surface area (Å²) in [6.07, 6.45) is 4.10. The molecule has 1 aromatic carbocycles. The molecule has 0 saturated carbocycles. The Labute approximate surface area is 178 Å². The highest BCUT2D eigenvalue weighted by Gasteiger charge is 2.63. The van der Waals surface area contributed by atoms with Crippen molar-refractivity contribution >= 4 is 34.1 Å². The SMILES string of the molecule is O=C(NCc1ccccc1)c1c(N2C(=O)[C@@H]3[C@H](C2=O)[C@H]2CC[C@H]3O2)sc2c1CCC2. The van der Waals surface area contributed by atoms with Crippen molar-refractivity contribution in [2.24, 2.45) is 11.8 Å². The van der Waals surface area contributed by atoms with Gasteiger partial charge in [-0.1, -0.05) is 30.3 Å². The van der Waals surface area contributed by atoms with Crippen molar-refractivity contribution in [1.82, 2.24) is 5.32 Å². The number of imide groups is 1. The number of aryl methyl sites for hydroxylation is 1. The molecule has 6 rings (SSSR count). The predicted molar refractivity (Wildman–Crippen MR) is 111 cm³/mol. The van der Waals surface area contributed by atoms with E-state index in [1.54, 1.807) is 0 Å². The van der Waals surface area contributed by atoms with E-state index in [2.05, 4.69) is 5.32 Å². The van der Waals surface area contributed by atoms with Gasteiger partial charge in [0.1, 0.15) is 5.00 Å². The number of ether oxygens (including phenoxy) is 1. The first-order chi connectivity index (χ1) is 14.6. The summed E-state index contributed by atoms with van der Waals surface area (Å²) in [6, 6.07) is 9.73. The van der Waals surface area contributed by atoms with Crippen LogP contribution in [0.1, 0.15) is 45.6 Å². The number of amides is 3. The van der Waals surface area contributed by atoms with Gasteiger partial charge in [-0.25, -0.2) is 4.90 Å². The van der Waals surface area contributed by atoms with Crippen LogP contribution in [-0.2, 0) is 33.7 Å².